The smallest absolute Gasteiger partial charge is 0.105 e. The Morgan fingerprint density at radius 2 is 2.41 bits per heavy atom. The van der Waals surface area contributed by atoms with Crippen molar-refractivity contribution in [3.63, 3.8) is 0 Å². The summed E-state index contributed by atoms with van der Waals surface area (Å²) in [4.78, 5) is 4.44. The van der Waals surface area contributed by atoms with Crippen molar-refractivity contribution in [1.29, 1.82) is 0 Å². The van der Waals surface area contributed by atoms with Crippen LogP contribution in [0.15, 0.2) is 28.2 Å². The lowest BCUT2D eigenvalue weighted by Crippen LogP contribution is -2.29. The average molecular weight is 250 g/mol. The van der Waals surface area contributed by atoms with Gasteiger partial charge in [0.05, 0.1) is 11.3 Å². The third-order valence-electron chi connectivity index (χ3n) is 2.59. The van der Waals surface area contributed by atoms with Gasteiger partial charge in [0.15, 0.2) is 0 Å². The molecule has 0 amide bonds. The van der Waals surface area contributed by atoms with E-state index in [1.165, 1.54) is 5.01 Å². The Kier molecular flexibility index (Phi) is 4.34. The summed E-state index contributed by atoms with van der Waals surface area (Å²) in [6.07, 6.45) is 3.66. The van der Waals surface area contributed by atoms with Crippen LogP contribution in [0.4, 0.5) is 0 Å². The van der Waals surface area contributed by atoms with Crippen LogP contribution >= 0.6 is 11.3 Å². The zero-order chi connectivity index (χ0) is 12.1. The topological polar surface area (TPSA) is 38.1 Å². The van der Waals surface area contributed by atoms with Gasteiger partial charge in [0, 0.05) is 36.5 Å². The van der Waals surface area contributed by atoms with Gasteiger partial charge in [-0.2, -0.15) is 0 Å². The number of nitrogens with zero attached hydrogens (tertiary/aromatic N) is 1. The van der Waals surface area contributed by atoms with E-state index < -0.39 is 0 Å². The SMILES string of the molecule is Cc1csc(CCNC(C)Cc2ccco2)n1. The Balaban J connectivity index is 1.68. The Morgan fingerprint density at radius 3 is 3.06 bits per heavy atom. The van der Waals surface area contributed by atoms with Crippen molar-refractivity contribution in [3.8, 4) is 0 Å². The maximum Gasteiger partial charge on any atom is 0.105 e. The molecule has 0 aliphatic carbocycles. The van der Waals surface area contributed by atoms with E-state index in [1.54, 1.807) is 17.6 Å². The second-order valence-corrected chi connectivity index (χ2v) is 5.21. The zero-order valence-corrected chi connectivity index (χ0v) is 11.1. The molecule has 0 aromatic carbocycles. The summed E-state index contributed by atoms with van der Waals surface area (Å²) in [7, 11) is 0. The summed E-state index contributed by atoms with van der Waals surface area (Å²) < 4.78 is 5.32. The van der Waals surface area contributed by atoms with Gasteiger partial charge in [0.25, 0.3) is 0 Å². The quantitative estimate of drug-likeness (QED) is 0.856. The zero-order valence-electron chi connectivity index (χ0n) is 10.3. The first kappa shape index (κ1) is 12.3. The number of furan rings is 1. The highest BCUT2D eigenvalue weighted by molar-refractivity contribution is 7.09. The van der Waals surface area contributed by atoms with Gasteiger partial charge in [0.1, 0.15) is 5.76 Å². The number of aryl methyl sites for hydroxylation is 1. The fourth-order valence-electron chi connectivity index (χ4n) is 1.75. The molecule has 1 atom stereocenters. The highest BCUT2D eigenvalue weighted by Crippen LogP contribution is 2.09. The molecule has 0 saturated carbocycles. The predicted molar refractivity (Wildman–Crippen MR) is 70.4 cm³/mol. The van der Waals surface area contributed by atoms with Gasteiger partial charge in [-0.05, 0) is 26.0 Å². The van der Waals surface area contributed by atoms with Gasteiger partial charge in [-0.1, -0.05) is 0 Å². The van der Waals surface area contributed by atoms with Crippen LogP contribution < -0.4 is 5.32 Å². The number of thiazole rings is 1. The van der Waals surface area contributed by atoms with Crippen LogP contribution in [0, 0.1) is 6.92 Å². The van der Waals surface area contributed by atoms with E-state index in [1.807, 2.05) is 19.1 Å². The summed E-state index contributed by atoms with van der Waals surface area (Å²) in [5.74, 6) is 1.04. The van der Waals surface area contributed by atoms with E-state index in [0.29, 0.717) is 6.04 Å². The third kappa shape index (κ3) is 3.98. The van der Waals surface area contributed by atoms with Crippen LogP contribution in [0.2, 0.25) is 0 Å². The Bertz CT molecular complexity index is 436. The lowest BCUT2D eigenvalue weighted by molar-refractivity contribution is 0.458. The van der Waals surface area contributed by atoms with Crippen LogP contribution in [0.1, 0.15) is 23.4 Å². The van der Waals surface area contributed by atoms with Crippen LogP contribution in [-0.4, -0.2) is 17.6 Å². The van der Waals surface area contributed by atoms with Crippen LogP contribution in [-0.2, 0) is 12.8 Å². The highest BCUT2D eigenvalue weighted by atomic mass is 32.1. The third-order valence-corrected chi connectivity index (χ3v) is 3.61. The van der Waals surface area contributed by atoms with Crippen LogP contribution in [0.3, 0.4) is 0 Å². The molecule has 0 aliphatic heterocycles. The average Bonchev–Trinajstić information content (AvgIpc) is 2.90. The van der Waals surface area contributed by atoms with Crippen LogP contribution in [0.25, 0.3) is 0 Å². The summed E-state index contributed by atoms with van der Waals surface area (Å²) in [6, 6.07) is 4.38. The highest BCUT2D eigenvalue weighted by Gasteiger charge is 2.05. The van der Waals surface area contributed by atoms with Gasteiger partial charge in [0.2, 0.25) is 0 Å². The van der Waals surface area contributed by atoms with E-state index in [0.717, 1.165) is 30.8 Å². The van der Waals surface area contributed by atoms with Crippen LogP contribution in [0.5, 0.6) is 0 Å². The number of rotatable bonds is 6. The van der Waals surface area contributed by atoms with Crippen molar-refractivity contribution in [2.45, 2.75) is 32.7 Å². The van der Waals surface area contributed by atoms with Crippen molar-refractivity contribution >= 4 is 11.3 Å². The largest absolute Gasteiger partial charge is 0.469 e. The van der Waals surface area contributed by atoms with Crippen molar-refractivity contribution < 1.29 is 4.42 Å². The van der Waals surface area contributed by atoms with Crippen molar-refractivity contribution in [2.75, 3.05) is 6.54 Å². The fourth-order valence-corrected chi connectivity index (χ4v) is 2.52. The van der Waals surface area contributed by atoms with E-state index in [2.05, 4.69) is 22.6 Å². The summed E-state index contributed by atoms with van der Waals surface area (Å²) >= 11 is 1.74. The molecule has 0 spiro atoms. The minimum atomic E-state index is 0.433. The first-order valence-corrected chi connectivity index (χ1v) is 6.79. The van der Waals surface area contributed by atoms with Crippen molar-refractivity contribution in [3.05, 3.63) is 40.2 Å². The molecule has 4 heteroatoms. The Hall–Kier alpha value is -1.13. The summed E-state index contributed by atoms with van der Waals surface area (Å²) in [5, 5.41) is 6.79. The van der Waals surface area contributed by atoms with Gasteiger partial charge >= 0.3 is 0 Å². The molecular weight excluding hydrogens is 232 g/mol. The molecule has 92 valence electrons. The molecule has 2 rings (SSSR count). The minimum Gasteiger partial charge on any atom is -0.469 e. The molecule has 1 unspecified atom stereocenters. The number of nitrogens with one attached hydrogen (secondary N) is 1. The van der Waals surface area contributed by atoms with Gasteiger partial charge in [-0.3, -0.25) is 0 Å². The maximum atomic E-state index is 5.32. The van der Waals surface area contributed by atoms with Crippen molar-refractivity contribution in [2.24, 2.45) is 0 Å². The number of aromatic nitrogens is 1. The maximum absolute atomic E-state index is 5.32. The molecule has 17 heavy (non-hydrogen) atoms. The Labute approximate surface area is 106 Å². The predicted octanol–water partition coefficient (Wildman–Crippen LogP) is 2.81. The first-order valence-electron chi connectivity index (χ1n) is 5.91. The molecule has 0 saturated heterocycles. The molecule has 0 aliphatic rings. The summed E-state index contributed by atoms with van der Waals surface area (Å²) in [5.41, 5.74) is 1.12. The second kappa shape index (κ2) is 5.98. The molecule has 0 radical (unpaired) electrons. The van der Waals surface area contributed by atoms with Gasteiger partial charge < -0.3 is 9.73 Å². The lowest BCUT2D eigenvalue weighted by Gasteiger charge is -2.11. The van der Waals surface area contributed by atoms with E-state index in [4.69, 9.17) is 4.42 Å². The van der Waals surface area contributed by atoms with Crippen molar-refractivity contribution in [1.82, 2.24) is 10.3 Å². The lowest BCUT2D eigenvalue weighted by atomic mass is 10.2. The summed E-state index contributed by atoms with van der Waals surface area (Å²) in [6.45, 7) is 5.18. The van der Waals surface area contributed by atoms with Gasteiger partial charge in [-0.25, -0.2) is 4.98 Å². The molecule has 1 N–H and O–H groups in total. The molecule has 2 heterocycles. The molecule has 2 aromatic heterocycles. The fraction of sp³-hybridized carbons (Fsp3) is 0.462. The molecule has 3 nitrogen and oxygen atoms in total. The van der Waals surface area contributed by atoms with Gasteiger partial charge in [-0.15, -0.1) is 11.3 Å². The number of hydrogen-bond acceptors (Lipinski definition) is 4. The van der Waals surface area contributed by atoms with E-state index >= 15 is 0 Å². The second-order valence-electron chi connectivity index (χ2n) is 4.27. The molecule has 0 bridgehead atoms. The molecular formula is C13H18N2OS. The Morgan fingerprint density at radius 1 is 1.53 bits per heavy atom. The van der Waals surface area contributed by atoms with E-state index in [-0.39, 0.29) is 0 Å². The minimum absolute atomic E-state index is 0.433. The number of hydrogen-bond donors (Lipinski definition) is 1. The molecule has 2 aromatic rings. The van der Waals surface area contributed by atoms with E-state index in [9.17, 15) is 0 Å². The standard InChI is InChI=1S/C13H18N2OS/c1-10(8-12-4-3-7-16-12)14-6-5-13-15-11(2)9-17-13/h3-4,7,9-10,14H,5-6,8H2,1-2H3. The molecule has 0 fully saturated rings. The first-order chi connectivity index (χ1) is 8.24. The monoisotopic (exact) mass is 250 g/mol. The normalized spacial score (nSPS) is 12.8.